The largest absolute Gasteiger partial charge is 0.466 e. The SMILES string of the molecule is Cc1cc(C(=O)NC[C@H](Cc2cccc(F)c2)N2CCCC2=O)c(C)o1. The molecule has 2 heterocycles. The van der Waals surface area contributed by atoms with Crippen molar-refractivity contribution in [2.75, 3.05) is 13.1 Å². The third-order valence-electron chi connectivity index (χ3n) is 4.69. The minimum atomic E-state index is -0.303. The van der Waals surface area contributed by atoms with Gasteiger partial charge in [-0.1, -0.05) is 12.1 Å². The number of nitrogens with one attached hydrogen (secondary N) is 1. The molecule has 1 saturated heterocycles. The predicted molar refractivity (Wildman–Crippen MR) is 95.4 cm³/mol. The molecule has 3 rings (SSSR count). The predicted octanol–water partition coefficient (Wildman–Crippen LogP) is 3.00. The van der Waals surface area contributed by atoms with E-state index in [2.05, 4.69) is 5.32 Å². The van der Waals surface area contributed by atoms with Gasteiger partial charge in [-0.2, -0.15) is 0 Å². The first-order chi connectivity index (χ1) is 12.4. The Balaban J connectivity index is 1.72. The lowest BCUT2D eigenvalue weighted by Crippen LogP contribution is -2.45. The van der Waals surface area contributed by atoms with Crippen molar-refractivity contribution < 1.29 is 18.4 Å². The highest BCUT2D eigenvalue weighted by Crippen LogP contribution is 2.18. The fourth-order valence-electron chi connectivity index (χ4n) is 3.45. The van der Waals surface area contributed by atoms with Gasteiger partial charge in [0.15, 0.2) is 0 Å². The molecule has 26 heavy (non-hydrogen) atoms. The van der Waals surface area contributed by atoms with Gasteiger partial charge in [-0.15, -0.1) is 0 Å². The molecule has 0 spiro atoms. The Kier molecular flexibility index (Phi) is 5.40. The number of carbonyl (C=O) groups excluding carboxylic acids is 2. The van der Waals surface area contributed by atoms with Crippen molar-refractivity contribution in [3.63, 3.8) is 0 Å². The summed E-state index contributed by atoms with van der Waals surface area (Å²) in [6.07, 6.45) is 1.83. The average molecular weight is 358 g/mol. The van der Waals surface area contributed by atoms with Gasteiger partial charge in [0.05, 0.1) is 11.6 Å². The van der Waals surface area contributed by atoms with Gasteiger partial charge in [0.25, 0.3) is 5.91 Å². The molecular formula is C20H23FN2O3. The molecule has 0 bridgehead atoms. The lowest BCUT2D eigenvalue weighted by molar-refractivity contribution is -0.129. The van der Waals surface area contributed by atoms with Crippen molar-refractivity contribution in [3.05, 3.63) is 58.8 Å². The van der Waals surface area contributed by atoms with Crippen LogP contribution in [0.25, 0.3) is 0 Å². The molecule has 2 aromatic rings. The molecule has 1 aromatic heterocycles. The number of amides is 2. The molecule has 0 saturated carbocycles. The van der Waals surface area contributed by atoms with E-state index in [1.807, 2.05) is 6.07 Å². The minimum absolute atomic E-state index is 0.0796. The fourth-order valence-corrected chi connectivity index (χ4v) is 3.45. The van der Waals surface area contributed by atoms with Gasteiger partial charge in [0.1, 0.15) is 17.3 Å². The molecule has 6 heteroatoms. The number of likely N-dealkylation sites (tertiary alicyclic amines) is 1. The van der Waals surface area contributed by atoms with Crippen LogP contribution in [0.3, 0.4) is 0 Å². The standard InChI is InChI=1S/C20H23FN2O3/c1-13-9-18(14(2)26-13)20(25)22-12-17(23-8-4-7-19(23)24)11-15-5-3-6-16(21)10-15/h3,5-6,9-10,17H,4,7-8,11-12H2,1-2H3,(H,22,25)/t17-/m0/s1. The molecular weight excluding hydrogens is 335 g/mol. The molecule has 5 nitrogen and oxygen atoms in total. The van der Waals surface area contributed by atoms with Crippen LogP contribution in [-0.4, -0.2) is 35.8 Å². The van der Waals surface area contributed by atoms with E-state index in [4.69, 9.17) is 4.42 Å². The number of halogens is 1. The molecule has 1 atom stereocenters. The summed E-state index contributed by atoms with van der Waals surface area (Å²) in [7, 11) is 0. The summed E-state index contributed by atoms with van der Waals surface area (Å²) >= 11 is 0. The summed E-state index contributed by atoms with van der Waals surface area (Å²) in [6.45, 7) is 4.51. The number of benzene rings is 1. The molecule has 1 aliphatic rings. The lowest BCUT2D eigenvalue weighted by Gasteiger charge is -2.28. The number of hydrogen-bond donors (Lipinski definition) is 1. The molecule has 2 amide bonds. The third kappa shape index (κ3) is 4.12. The van der Waals surface area contributed by atoms with Crippen LogP contribution in [0.4, 0.5) is 4.39 Å². The zero-order valence-corrected chi connectivity index (χ0v) is 15.0. The van der Waals surface area contributed by atoms with E-state index in [9.17, 15) is 14.0 Å². The topological polar surface area (TPSA) is 62.6 Å². The second-order valence-electron chi connectivity index (χ2n) is 6.72. The van der Waals surface area contributed by atoms with Crippen molar-refractivity contribution >= 4 is 11.8 Å². The van der Waals surface area contributed by atoms with Crippen LogP contribution in [0.2, 0.25) is 0 Å². The maximum atomic E-state index is 13.5. The van der Waals surface area contributed by atoms with E-state index in [1.54, 1.807) is 30.9 Å². The Hall–Kier alpha value is -2.63. The summed E-state index contributed by atoms with van der Waals surface area (Å²) in [6, 6.07) is 7.85. The molecule has 1 aliphatic heterocycles. The van der Waals surface area contributed by atoms with E-state index in [0.717, 1.165) is 12.0 Å². The first-order valence-corrected chi connectivity index (χ1v) is 8.83. The zero-order chi connectivity index (χ0) is 18.7. The lowest BCUT2D eigenvalue weighted by atomic mass is 10.0. The molecule has 1 N–H and O–H groups in total. The van der Waals surface area contributed by atoms with E-state index in [0.29, 0.717) is 43.0 Å². The fraction of sp³-hybridized carbons (Fsp3) is 0.400. The molecule has 0 unspecified atom stereocenters. The summed E-state index contributed by atoms with van der Waals surface area (Å²) in [5.74, 6) is 0.798. The van der Waals surface area contributed by atoms with E-state index >= 15 is 0 Å². The van der Waals surface area contributed by atoms with Crippen molar-refractivity contribution in [1.82, 2.24) is 10.2 Å². The smallest absolute Gasteiger partial charge is 0.254 e. The molecule has 0 aliphatic carbocycles. The summed E-state index contributed by atoms with van der Waals surface area (Å²) in [5, 5.41) is 2.90. The highest BCUT2D eigenvalue weighted by atomic mass is 19.1. The molecule has 0 radical (unpaired) electrons. The molecule has 1 fully saturated rings. The quantitative estimate of drug-likeness (QED) is 0.863. The van der Waals surface area contributed by atoms with Crippen LogP contribution in [-0.2, 0) is 11.2 Å². The Bertz CT molecular complexity index is 815. The number of carbonyl (C=O) groups is 2. The van der Waals surface area contributed by atoms with Crippen LogP contribution in [0.15, 0.2) is 34.7 Å². The number of nitrogens with zero attached hydrogens (tertiary/aromatic N) is 1. The maximum Gasteiger partial charge on any atom is 0.254 e. The van der Waals surface area contributed by atoms with Crippen molar-refractivity contribution in [3.8, 4) is 0 Å². The van der Waals surface area contributed by atoms with Gasteiger partial charge in [-0.25, -0.2) is 4.39 Å². The zero-order valence-electron chi connectivity index (χ0n) is 15.0. The van der Waals surface area contributed by atoms with Crippen LogP contribution in [0, 0.1) is 19.7 Å². The van der Waals surface area contributed by atoms with Crippen LogP contribution < -0.4 is 5.32 Å². The van der Waals surface area contributed by atoms with Crippen molar-refractivity contribution in [2.24, 2.45) is 0 Å². The summed E-state index contributed by atoms with van der Waals surface area (Å²) in [4.78, 5) is 26.4. The number of aryl methyl sites for hydroxylation is 2. The number of hydrogen-bond acceptors (Lipinski definition) is 3. The van der Waals surface area contributed by atoms with Gasteiger partial charge in [-0.05, 0) is 50.5 Å². The highest BCUT2D eigenvalue weighted by Gasteiger charge is 2.28. The molecule has 138 valence electrons. The first kappa shape index (κ1) is 18.2. The van der Waals surface area contributed by atoms with Gasteiger partial charge in [0, 0.05) is 19.5 Å². The average Bonchev–Trinajstić information content (AvgIpc) is 3.16. The maximum absolute atomic E-state index is 13.5. The minimum Gasteiger partial charge on any atom is -0.466 e. The van der Waals surface area contributed by atoms with Crippen LogP contribution >= 0.6 is 0 Å². The Labute approximate surface area is 152 Å². The monoisotopic (exact) mass is 358 g/mol. The second-order valence-corrected chi connectivity index (χ2v) is 6.72. The van der Waals surface area contributed by atoms with Gasteiger partial charge >= 0.3 is 0 Å². The summed E-state index contributed by atoms with van der Waals surface area (Å²) < 4.78 is 18.9. The normalized spacial score (nSPS) is 15.3. The number of furan rings is 1. The van der Waals surface area contributed by atoms with Crippen molar-refractivity contribution in [2.45, 2.75) is 39.2 Å². The molecule has 1 aromatic carbocycles. The first-order valence-electron chi connectivity index (χ1n) is 8.83. The van der Waals surface area contributed by atoms with Gasteiger partial charge in [-0.3, -0.25) is 9.59 Å². The highest BCUT2D eigenvalue weighted by molar-refractivity contribution is 5.95. The second kappa shape index (κ2) is 7.72. The van der Waals surface area contributed by atoms with E-state index < -0.39 is 0 Å². The van der Waals surface area contributed by atoms with Gasteiger partial charge in [0.2, 0.25) is 5.91 Å². The third-order valence-corrected chi connectivity index (χ3v) is 4.69. The van der Waals surface area contributed by atoms with Gasteiger partial charge < -0.3 is 14.6 Å². The summed E-state index contributed by atoms with van der Waals surface area (Å²) in [5.41, 5.74) is 1.30. The van der Waals surface area contributed by atoms with Crippen LogP contribution in [0.1, 0.15) is 40.3 Å². The van der Waals surface area contributed by atoms with E-state index in [1.165, 1.54) is 12.1 Å². The Morgan fingerprint density at radius 1 is 1.35 bits per heavy atom. The Morgan fingerprint density at radius 2 is 2.15 bits per heavy atom. The van der Waals surface area contributed by atoms with Crippen molar-refractivity contribution in [1.29, 1.82) is 0 Å². The van der Waals surface area contributed by atoms with E-state index in [-0.39, 0.29) is 23.7 Å². The number of rotatable bonds is 6. The Morgan fingerprint density at radius 3 is 2.77 bits per heavy atom. The van der Waals surface area contributed by atoms with Crippen LogP contribution in [0.5, 0.6) is 0 Å².